The average Bonchev–Trinajstić information content (AvgIpc) is 2.97. The van der Waals surface area contributed by atoms with Gasteiger partial charge in [-0.2, -0.15) is 4.98 Å². The first-order valence-electron chi connectivity index (χ1n) is 14.2. The van der Waals surface area contributed by atoms with Crippen molar-refractivity contribution >= 4 is 40.0 Å². The summed E-state index contributed by atoms with van der Waals surface area (Å²) >= 11 is 6.82. The van der Waals surface area contributed by atoms with Crippen LogP contribution in [0.1, 0.15) is 39.3 Å². The third kappa shape index (κ3) is 5.35. The number of halogens is 2. The third-order valence-electron chi connectivity index (χ3n) is 7.83. The number of amides is 1. The van der Waals surface area contributed by atoms with E-state index in [0.717, 1.165) is 5.69 Å². The zero-order valence-electron chi connectivity index (χ0n) is 25.2. The van der Waals surface area contributed by atoms with Gasteiger partial charge in [-0.1, -0.05) is 44.2 Å². The fraction of sp³-hybridized carbons (Fsp3) is 0.344. The van der Waals surface area contributed by atoms with Crippen LogP contribution in [0.2, 0.25) is 5.02 Å². The Kier molecular flexibility index (Phi) is 8.25. The largest absolute Gasteiger partial charge is 0.376 e. The SMILES string of the molecule is C=CC(=O)N1CC(C)N(c2nc(=O)n(-c3c(N(C)C)ccnc3C(C)C)c3nc(-c4ccccc4F)c(Cl)cc23)CC1C. The highest BCUT2D eigenvalue weighted by atomic mass is 35.5. The molecule has 5 rings (SSSR count). The molecule has 0 spiro atoms. The van der Waals surface area contributed by atoms with E-state index in [1.807, 2.05) is 57.7 Å². The van der Waals surface area contributed by atoms with Gasteiger partial charge in [-0.05, 0) is 50.1 Å². The van der Waals surface area contributed by atoms with E-state index in [4.69, 9.17) is 16.6 Å². The van der Waals surface area contributed by atoms with E-state index < -0.39 is 11.5 Å². The summed E-state index contributed by atoms with van der Waals surface area (Å²) in [4.78, 5) is 46.6. The minimum atomic E-state index is -0.556. The number of piperazine rings is 1. The maximum Gasteiger partial charge on any atom is 0.355 e. The molecule has 0 bridgehead atoms. The lowest BCUT2D eigenvalue weighted by atomic mass is 10.0. The molecule has 0 N–H and O–H groups in total. The molecule has 9 nitrogen and oxygen atoms in total. The van der Waals surface area contributed by atoms with E-state index in [1.54, 1.807) is 35.4 Å². The van der Waals surface area contributed by atoms with Crippen molar-refractivity contribution in [3.63, 3.8) is 0 Å². The zero-order valence-corrected chi connectivity index (χ0v) is 25.9. The van der Waals surface area contributed by atoms with Crippen molar-refractivity contribution in [2.45, 2.75) is 45.7 Å². The molecule has 3 aromatic heterocycles. The van der Waals surface area contributed by atoms with Crippen molar-refractivity contribution in [1.82, 2.24) is 24.4 Å². The second-order valence-corrected chi connectivity index (χ2v) is 11.8. The molecule has 1 amide bonds. The zero-order chi connectivity index (χ0) is 31.2. The molecule has 1 aliphatic heterocycles. The van der Waals surface area contributed by atoms with Crippen molar-refractivity contribution in [3.05, 3.63) is 82.3 Å². The van der Waals surface area contributed by atoms with Crippen LogP contribution in [-0.2, 0) is 4.79 Å². The molecule has 4 heterocycles. The van der Waals surface area contributed by atoms with Crippen LogP contribution >= 0.6 is 11.6 Å². The number of fused-ring (bicyclic) bond motifs is 1. The number of carbonyl (C=O) groups is 1. The number of hydrogen-bond acceptors (Lipinski definition) is 7. The minimum absolute atomic E-state index is 0.0359. The van der Waals surface area contributed by atoms with Crippen LogP contribution < -0.4 is 15.5 Å². The fourth-order valence-corrected chi connectivity index (χ4v) is 5.94. The number of rotatable bonds is 6. The van der Waals surface area contributed by atoms with E-state index in [2.05, 4.69) is 16.5 Å². The average molecular weight is 604 g/mol. The maximum absolute atomic E-state index is 15.1. The minimum Gasteiger partial charge on any atom is -0.376 e. The summed E-state index contributed by atoms with van der Waals surface area (Å²) in [6, 6.07) is 9.43. The fourth-order valence-electron chi connectivity index (χ4n) is 5.69. The first-order valence-corrected chi connectivity index (χ1v) is 14.6. The Labute approximate surface area is 255 Å². The molecule has 4 aromatic rings. The van der Waals surface area contributed by atoms with Crippen LogP contribution in [0, 0.1) is 5.82 Å². The smallest absolute Gasteiger partial charge is 0.355 e. The molecular formula is C32H35ClFN7O2. The molecule has 1 saturated heterocycles. The molecule has 43 heavy (non-hydrogen) atoms. The molecule has 1 aliphatic rings. The first kappa shape index (κ1) is 30.2. The van der Waals surface area contributed by atoms with Gasteiger partial charge in [0.15, 0.2) is 5.65 Å². The summed E-state index contributed by atoms with van der Waals surface area (Å²) in [6.07, 6.45) is 3.02. The summed E-state index contributed by atoms with van der Waals surface area (Å²) in [6.45, 7) is 12.4. The standard InChI is InChI=1S/C32H35ClFN7O2/c1-8-26(42)39-16-20(5)40(17-19(39)4)30-22-15-23(33)28(21-11-9-10-12-24(21)34)36-31(22)41(32(43)37-30)29-25(38(6)7)13-14-35-27(29)18(2)3/h8-15,18-20H,1,16-17H2,2-7H3. The molecule has 1 aromatic carbocycles. The van der Waals surface area contributed by atoms with Crippen molar-refractivity contribution < 1.29 is 9.18 Å². The van der Waals surface area contributed by atoms with Gasteiger partial charge in [0.1, 0.15) is 11.6 Å². The van der Waals surface area contributed by atoms with Crippen LogP contribution in [0.25, 0.3) is 28.0 Å². The second kappa shape index (κ2) is 11.8. The topological polar surface area (TPSA) is 87.5 Å². The summed E-state index contributed by atoms with van der Waals surface area (Å²) in [5.74, 6) is -0.271. The van der Waals surface area contributed by atoms with Crippen LogP contribution in [0.5, 0.6) is 0 Å². The Morgan fingerprint density at radius 1 is 1.14 bits per heavy atom. The molecular weight excluding hydrogens is 569 g/mol. The Morgan fingerprint density at radius 3 is 2.51 bits per heavy atom. The summed E-state index contributed by atoms with van der Waals surface area (Å²) in [7, 11) is 3.78. The van der Waals surface area contributed by atoms with E-state index in [0.29, 0.717) is 35.7 Å². The molecule has 11 heteroatoms. The predicted octanol–water partition coefficient (Wildman–Crippen LogP) is 5.44. The van der Waals surface area contributed by atoms with E-state index >= 15 is 4.39 Å². The van der Waals surface area contributed by atoms with Gasteiger partial charge in [-0.15, -0.1) is 0 Å². The molecule has 1 fully saturated rings. The monoisotopic (exact) mass is 603 g/mol. The van der Waals surface area contributed by atoms with E-state index in [1.165, 1.54) is 16.7 Å². The molecule has 0 saturated carbocycles. The number of hydrogen-bond donors (Lipinski definition) is 0. The summed E-state index contributed by atoms with van der Waals surface area (Å²) < 4.78 is 16.5. The van der Waals surface area contributed by atoms with Crippen molar-refractivity contribution in [2.75, 3.05) is 37.0 Å². The molecule has 0 radical (unpaired) electrons. The highest BCUT2D eigenvalue weighted by Gasteiger charge is 2.34. The number of carbonyl (C=O) groups excluding carboxylic acids is 1. The van der Waals surface area contributed by atoms with Crippen molar-refractivity contribution in [2.24, 2.45) is 0 Å². The van der Waals surface area contributed by atoms with Gasteiger partial charge in [0, 0.05) is 51.0 Å². The van der Waals surface area contributed by atoms with Gasteiger partial charge in [-0.25, -0.2) is 18.7 Å². The Balaban J connectivity index is 1.86. The van der Waals surface area contributed by atoms with Crippen molar-refractivity contribution in [1.29, 1.82) is 0 Å². The number of anilines is 2. The van der Waals surface area contributed by atoms with Crippen LogP contribution in [0.4, 0.5) is 15.9 Å². The summed E-state index contributed by atoms with van der Waals surface area (Å²) in [5.41, 5.74) is 2.13. The highest BCUT2D eigenvalue weighted by Crippen LogP contribution is 2.37. The van der Waals surface area contributed by atoms with Crippen LogP contribution in [0.15, 0.2) is 60.0 Å². The van der Waals surface area contributed by atoms with Crippen LogP contribution in [-0.4, -0.2) is 69.6 Å². The predicted molar refractivity (Wildman–Crippen MR) is 170 cm³/mol. The van der Waals surface area contributed by atoms with Gasteiger partial charge in [-0.3, -0.25) is 9.78 Å². The molecule has 2 atom stereocenters. The lowest BCUT2D eigenvalue weighted by Crippen LogP contribution is -2.58. The summed E-state index contributed by atoms with van der Waals surface area (Å²) in [5, 5.41) is 0.741. The van der Waals surface area contributed by atoms with Gasteiger partial charge in [0.2, 0.25) is 5.91 Å². The molecule has 224 valence electrons. The van der Waals surface area contributed by atoms with Gasteiger partial charge in [0.25, 0.3) is 0 Å². The Hall–Kier alpha value is -4.31. The van der Waals surface area contributed by atoms with Gasteiger partial charge < -0.3 is 14.7 Å². The number of benzene rings is 1. The molecule has 0 aliphatic carbocycles. The normalized spacial score (nSPS) is 17.0. The Morgan fingerprint density at radius 2 is 1.86 bits per heavy atom. The first-order chi connectivity index (χ1) is 20.4. The lowest BCUT2D eigenvalue weighted by Gasteiger charge is -2.44. The van der Waals surface area contributed by atoms with Gasteiger partial charge in [0.05, 0.1) is 33.2 Å². The van der Waals surface area contributed by atoms with Gasteiger partial charge >= 0.3 is 5.69 Å². The van der Waals surface area contributed by atoms with Crippen molar-refractivity contribution in [3.8, 4) is 16.9 Å². The number of nitrogens with zero attached hydrogens (tertiary/aromatic N) is 7. The van der Waals surface area contributed by atoms with Crippen LogP contribution in [0.3, 0.4) is 0 Å². The quantitative estimate of drug-likeness (QED) is 0.271. The molecule has 2 unspecified atom stereocenters. The second-order valence-electron chi connectivity index (χ2n) is 11.4. The number of pyridine rings is 2. The third-order valence-corrected chi connectivity index (χ3v) is 8.12. The maximum atomic E-state index is 15.1. The Bertz CT molecular complexity index is 1760. The highest BCUT2D eigenvalue weighted by molar-refractivity contribution is 6.33. The lowest BCUT2D eigenvalue weighted by molar-refractivity contribution is -0.128. The van der Waals surface area contributed by atoms with E-state index in [-0.39, 0.29) is 45.8 Å². The van der Waals surface area contributed by atoms with E-state index in [9.17, 15) is 9.59 Å². The number of aromatic nitrogens is 4.